The summed E-state index contributed by atoms with van der Waals surface area (Å²) in [6.45, 7) is 7.88. The van der Waals surface area contributed by atoms with Gasteiger partial charge in [-0.2, -0.15) is 0 Å². The van der Waals surface area contributed by atoms with Gasteiger partial charge in [-0.3, -0.25) is 9.48 Å². The smallest absolute Gasteiger partial charge is 0.239 e. The van der Waals surface area contributed by atoms with Gasteiger partial charge in [0, 0.05) is 32.9 Å². The maximum absolute atomic E-state index is 12.0. The zero-order valence-corrected chi connectivity index (χ0v) is 11.0. The van der Waals surface area contributed by atoms with E-state index < -0.39 is 0 Å². The number of likely N-dealkylation sites (N-methyl/N-ethyl adjacent to an activating group) is 1. The molecule has 6 nitrogen and oxygen atoms in total. The molecule has 0 bridgehead atoms. The van der Waals surface area contributed by atoms with Crippen molar-refractivity contribution in [2.75, 3.05) is 13.1 Å². The van der Waals surface area contributed by atoms with Crippen molar-refractivity contribution in [1.82, 2.24) is 25.2 Å². The Balaban J connectivity index is 2.43. The molecule has 0 aliphatic heterocycles. The summed E-state index contributed by atoms with van der Waals surface area (Å²) in [4.78, 5) is 13.8. The number of amides is 1. The molecule has 0 spiro atoms. The summed E-state index contributed by atoms with van der Waals surface area (Å²) in [5.74, 6) is 0.124. The molecule has 1 rings (SSSR count). The first-order valence-corrected chi connectivity index (χ1v) is 5.95. The largest absolute Gasteiger partial charge is 0.342 e. The van der Waals surface area contributed by atoms with Crippen LogP contribution in [0.5, 0.6) is 0 Å². The molecule has 6 heteroatoms. The average Bonchev–Trinajstić information content (AvgIpc) is 2.73. The molecular weight excluding hydrogens is 218 g/mol. The van der Waals surface area contributed by atoms with Gasteiger partial charge in [0.15, 0.2) is 0 Å². The second-order valence-electron chi connectivity index (χ2n) is 4.00. The van der Waals surface area contributed by atoms with E-state index in [-0.39, 0.29) is 11.9 Å². The van der Waals surface area contributed by atoms with Gasteiger partial charge in [-0.25, -0.2) is 0 Å². The first-order valence-electron chi connectivity index (χ1n) is 5.95. The minimum atomic E-state index is -0.197. The molecule has 0 fully saturated rings. The van der Waals surface area contributed by atoms with Crippen LogP contribution in [-0.2, 0) is 18.4 Å². The maximum atomic E-state index is 12.0. The van der Waals surface area contributed by atoms with Gasteiger partial charge < -0.3 is 10.2 Å². The van der Waals surface area contributed by atoms with Crippen LogP contribution in [0.2, 0.25) is 0 Å². The summed E-state index contributed by atoms with van der Waals surface area (Å²) in [5.41, 5.74) is 0.840. The molecule has 0 aromatic carbocycles. The van der Waals surface area contributed by atoms with Crippen LogP contribution in [0.1, 0.15) is 26.5 Å². The summed E-state index contributed by atoms with van der Waals surface area (Å²) >= 11 is 0. The monoisotopic (exact) mass is 239 g/mol. The van der Waals surface area contributed by atoms with E-state index in [2.05, 4.69) is 15.6 Å². The standard InChI is InChI=1S/C11H21N5O/c1-5-16(6-2)11(17)9(3)12-7-10-8-15(4)14-13-10/h8-9,12H,5-7H2,1-4H3. The molecule has 1 atom stereocenters. The van der Waals surface area contributed by atoms with E-state index in [4.69, 9.17) is 0 Å². The number of hydrogen-bond acceptors (Lipinski definition) is 4. The number of aromatic nitrogens is 3. The van der Waals surface area contributed by atoms with Gasteiger partial charge in [0.25, 0.3) is 0 Å². The maximum Gasteiger partial charge on any atom is 0.239 e. The summed E-state index contributed by atoms with van der Waals surface area (Å²) < 4.78 is 1.65. The van der Waals surface area contributed by atoms with E-state index >= 15 is 0 Å². The van der Waals surface area contributed by atoms with Crippen molar-refractivity contribution in [3.05, 3.63) is 11.9 Å². The van der Waals surface area contributed by atoms with Crippen LogP contribution in [0.4, 0.5) is 0 Å². The zero-order chi connectivity index (χ0) is 12.8. The molecular formula is C11H21N5O. The normalized spacial score (nSPS) is 12.5. The highest BCUT2D eigenvalue weighted by molar-refractivity contribution is 5.81. The first-order chi connectivity index (χ1) is 8.08. The van der Waals surface area contributed by atoms with Gasteiger partial charge in [0.2, 0.25) is 5.91 Å². The Hall–Kier alpha value is -1.43. The SMILES string of the molecule is CCN(CC)C(=O)C(C)NCc1cn(C)nn1. The second kappa shape index (κ2) is 6.34. The van der Waals surface area contributed by atoms with Gasteiger partial charge in [0.1, 0.15) is 0 Å². The minimum Gasteiger partial charge on any atom is -0.342 e. The third kappa shape index (κ3) is 3.81. The number of rotatable bonds is 6. The lowest BCUT2D eigenvalue weighted by molar-refractivity contribution is -0.132. The van der Waals surface area contributed by atoms with E-state index in [0.717, 1.165) is 18.8 Å². The second-order valence-corrected chi connectivity index (χ2v) is 4.00. The molecule has 1 aromatic rings. The summed E-state index contributed by atoms with van der Waals surface area (Å²) in [6, 6.07) is -0.197. The zero-order valence-electron chi connectivity index (χ0n) is 11.0. The van der Waals surface area contributed by atoms with E-state index in [1.165, 1.54) is 0 Å². The Morgan fingerprint density at radius 3 is 2.65 bits per heavy atom. The first kappa shape index (κ1) is 13.6. The lowest BCUT2D eigenvalue weighted by Gasteiger charge is -2.23. The molecule has 0 saturated carbocycles. The molecule has 96 valence electrons. The average molecular weight is 239 g/mol. The molecule has 17 heavy (non-hydrogen) atoms. The van der Waals surface area contributed by atoms with Crippen molar-refractivity contribution < 1.29 is 4.79 Å². The third-order valence-electron chi connectivity index (χ3n) is 2.69. The lowest BCUT2D eigenvalue weighted by atomic mass is 10.2. The van der Waals surface area contributed by atoms with E-state index in [0.29, 0.717) is 6.54 Å². The van der Waals surface area contributed by atoms with Crippen LogP contribution in [0.15, 0.2) is 6.20 Å². The van der Waals surface area contributed by atoms with Crippen LogP contribution in [0, 0.1) is 0 Å². The quantitative estimate of drug-likeness (QED) is 0.768. The lowest BCUT2D eigenvalue weighted by Crippen LogP contribution is -2.44. The number of aryl methyl sites for hydroxylation is 1. The minimum absolute atomic E-state index is 0.124. The van der Waals surface area contributed by atoms with Gasteiger partial charge in [-0.05, 0) is 20.8 Å². The van der Waals surface area contributed by atoms with E-state index in [1.807, 2.05) is 38.9 Å². The van der Waals surface area contributed by atoms with E-state index in [1.54, 1.807) is 4.68 Å². The fraction of sp³-hybridized carbons (Fsp3) is 0.727. The highest BCUT2D eigenvalue weighted by atomic mass is 16.2. The number of hydrogen-bond donors (Lipinski definition) is 1. The third-order valence-corrected chi connectivity index (χ3v) is 2.69. The Labute approximate surface area is 102 Å². The van der Waals surface area contributed by atoms with Gasteiger partial charge in [-0.15, -0.1) is 5.10 Å². The number of carbonyl (C=O) groups is 1. The van der Waals surface area contributed by atoms with Crippen LogP contribution < -0.4 is 5.32 Å². The highest BCUT2D eigenvalue weighted by Gasteiger charge is 2.17. The van der Waals surface area contributed by atoms with Crippen LogP contribution in [0.25, 0.3) is 0 Å². The van der Waals surface area contributed by atoms with Gasteiger partial charge in [-0.1, -0.05) is 5.21 Å². The molecule has 1 heterocycles. The van der Waals surface area contributed by atoms with Crippen molar-refractivity contribution in [3.63, 3.8) is 0 Å². The molecule has 0 saturated heterocycles. The molecule has 0 radical (unpaired) electrons. The molecule has 1 N–H and O–H groups in total. The molecule has 0 aliphatic carbocycles. The summed E-state index contributed by atoms with van der Waals surface area (Å²) in [5, 5.41) is 11.0. The molecule has 1 amide bonds. The van der Waals surface area contributed by atoms with Crippen LogP contribution in [-0.4, -0.2) is 44.9 Å². The number of carbonyl (C=O) groups excluding carboxylic acids is 1. The molecule has 0 aliphatic rings. The number of nitrogens with zero attached hydrogens (tertiary/aromatic N) is 4. The van der Waals surface area contributed by atoms with Crippen LogP contribution in [0.3, 0.4) is 0 Å². The Morgan fingerprint density at radius 1 is 1.53 bits per heavy atom. The van der Waals surface area contributed by atoms with Crippen LogP contribution >= 0.6 is 0 Å². The highest BCUT2D eigenvalue weighted by Crippen LogP contribution is 1.97. The van der Waals surface area contributed by atoms with Crippen molar-refractivity contribution >= 4 is 5.91 Å². The van der Waals surface area contributed by atoms with Crippen molar-refractivity contribution in [2.24, 2.45) is 7.05 Å². The van der Waals surface area contributed by atoms with Crippen molar-refractivity contribution in [2.45, 2.75) is 33.4 Å². The molecule has 1 unspecified atom stereocenters. The Morgan fingerprint density at radius 2 is 2.18 bits per heavy atom. The fourth-order valence-corrected chi connectivity index (χ4v) is 1.63. The topological polar surface area (TPSA) is 63.1 Å². The Bertz CT molecular complexity index is 358. The van der Waals surface area contributed by atoms with Crippen molar-refractivity contribution in [3.8, 4) is 0 Å². The van der Waals surface area contributed by atoms with E-state index in [9.17, 15) is 4.79 Å². The van der Waals surface area contributed by atoms with Gasteiger partial charge >= 0.3 is 0 Å². The summed E-state index contributed by atoms with van der Waals surface area (Å²) in [6.07, 6.45) is 1.83. The predicted octanol–water partition coefficient (Wildman–Crippen LogP) is 0.162. The Kier molecular flexibility index (Phi) is 5.09. The molecule has 1 aromatic heterocycles. The predicted molar refractivity (Wildman–Crippen MR) is 65.2 cm³/mol. The number of nitrogens with one attached hydrogen (secondary N) is 1. The van der Waals surface area contributed by atoms with Crippen molar-refractivity contribution in [1.29, 1.82) is 0 Å². The fourth-order valence-electron chi connectivity index (χ4n) is 1.63. The van der Waals surface area contributed by atoms with Gasteiger partial charge in [0.05, 0.1) is 11.7 Å². The summed E-state index contributed by atoms with van der Waals surface area (Å²) in [7, 11) is 1.82.